The van der Waals surface area contributed by atoms with E-state index in [1.807, 2.05) is 54.0 Å². The zero-order chi connectivity index (χ0) is 17.9. The van der Waals surface area contributed by atoms with Gasteiger partial charge in [-0.2, -0.15) is 0 Å². The number of carbonyl (C=O) groups is 1. The summed E-state index contributed by atoms with van der Waals surface area (Å²) in [4.78, 5) is 14.2. The molecule has 1 amide bonds. The van der Waals surface area contributed by atoms with Gasteiger partial charge in [0, 0.05) is 13.1 Å². The maximum Gasteiger partial charge on any atom is 0.260 e. The summed E-state index contributed by atoms with van der Waals surface area (Å²) in [6.45, 7) is 3.82. The van der Waals surface area contributed by atoms with E-state index in [2.05, 4.69) is 22.3 Å². The zero-order valence-electron chi connectivity index (χ0n) is 14.6. The number of benzene rings is 2. The van der Waals surface area contributed by atoms with Gasteiger partial charge in [-0.3, -0.25) is 4.79 Å². The number of carbonyl (C=O) groups excluding carboxylic acids is 1. The van der Waals surface area contributed by atoms with E-state index in [9.17, 15) is 4.79 Å². The second-order valence-corrected chi connectivity index (χ2v) is 6.31. The molecule has 0 unspecified atom stereocenters. The summed E-state index contributed by atoms with van der Waals surface area (Å²) >= 11 is 0. The first-order valence-corrected chi connectivity index (χ1v) is 8.65. The average Bonchev–Trinajstić information content (AvgIpc) is 3.07. The highest BCUT2D eigenvalue weighted by atomic mass is 16.5. The van der Waals surface area contributed by atoms with Crippen molar-refractivity contribution in [2.24, 2.45) is 0 Å². The minimum atomic E-state index is -0.0379. The fraction of sp³-hybridized carbons (Fsp3) is 0.250. The summed E-state index contributed by atoms with van der Waals surface area (Å²) in [6.07, 6.45) is 0. The SMILES string of the molecule is Cc1nnc2n1CCN(C(=O)COc1ccc(-c3ccccc3)cc1)C2. The van der Waals surface area contributed by atoms with Gasteiger partial charge < -0.3 is 14.2 Å². The van der Waals surface area contributed by atoms with Crippen LogP contribution in [0.5, 0.6) is 5.75 Å². The largest absolute Gasteiger partial charge is 0.484 e. The normalized spacial score (nSPS) is 13.3. The number of ether oxygens (including phenoxy) is 1. The first kappa shape index (κ1) is 16.3. The van der Waals surface area contributed by atoms with Crippen LogP contribution < -0.4 is 4.74 Å². The molecule has 6 heteroatoms. The Morgan fingerprint density at radius 3 is 2.50 bits per heavy atom. The van der Waals surface area contributed by atoms with Crippen molar-refractivity contribution in [2.45, 2.75) is 20.0 Å². The van der Waals surface area contributed by atoms with Gasteiger partial charge >= 0.3 is 0 Å². The van der Waals surface area contributed by atoms with Gasteiger partial charge in [0.25, 0.3) is 5.91 Å². The molecule has 0 atom stereocenters. The molecule has 6 nitrogen and oxygen atoms in total. The van der Waals surface area contributed by atoms with Crippen LogP contribution in [0.25, 0.3) is 11.1 Å². The molecule has 1 aliphatic heterocycles. The lowest BCUT2D eigenvalue weighted by atomic mass is 10.1. The molecule has 3 aromatic rings. The van der Waals surface area contributed by atoms with Crippen molar-refractivity contribution >= 4 is 5.91 Å². The molecule has 0 fully saturated rings. The smallest absolute Gasteiger partial charge is 0.260 e. The number of amides is 1. The van der Waals surface area contributed by atoms with Crippen molar-refractivity contribution in [3.05, 3.63) is 66.2 Å². The predicted octanol–water partition coefficient (Wildman–Crippen LogP) is 2.67. The summed E-state index contributed by atoms with van der Waals surface area (Å²) in [5.74, 6) is 2.37. The van der Waals surface area contributed by atoms with E-state index in [4.69, 9.17) is 4.74 Å². The van der Waals surface area contributed by atoms with Crippen molar-refractivity contribution < 1.29 is 9.53 Å². The molecule has 0 radical (unpaired) electrons. The van der Waals surface area contributed by atoms with Gasteiger partial charge in [0.2, 0.25) is 0 Å². The topological polar surface area (TPSA) is 60.2 Å². The van der Waals surface area contributed by atoms with Crippen LogP contribution >= 0.6 is 0 Å². The Morgan fingerprint density at radius 1 is 1.00 bits per heavy atom. The Labute approximate surface area is 152 Å². The van der Waals surface area contributed by atoms with Crippen molar-refractivity contribution in [1.29, 1.82) is 0 Å². The van der Waals surface area contributed by atoms with E-state index in [-0.39, 0.29) is 12.5 Å². The van der Waals surface area contributed by atoms with E-state index in [1.54, 1.807) is 4.90 Å². The summed E-state index contributed by atoms with van der Waals surface area (Å²) < 4.78 is 7.72. The third-order valence-electron chi connectivity index (χ3n) is 4.61. The summed E-state index contributed by atoms with van der Waals surface area (Å²) in [5, 5.41) is 8.19. The van der Waals surface area contributed by atoms with Crippen LogP contribution in [0.4, 0.5) is 0 Å². The molecular weight excluding hydrogens is 328 g/mol. The van der Waals surface area contributed by atoms with E-state index in [1.165, 1.54) is 0 Å². The van der Waals surface area contributed by atoms with Crippen LogP contribution in [0.15, 0.2) is 54.6 Å². The molecule has 0 spiro atoms. The van der Waals surface area contributed by atoms with Crippen LogP contribution in [0.1, 0.15) is 11.6 Å². The maximum atomic E-state index is 12.4. The average molecular weight is 348 g/mol. The first-order chi connectivity index (χ1) is 12.7. The number of fused-ring (bicyclic) bond motifs is 1. The van der Waals surface area contributed by atoms with Gasteiger partial charge in [-0.25, -0.2) is 0 Å². The monoisotopic (exact) mass is 348 g/mol. The van der Waals surface area contributed by atoms with Gasteiger partial charge in [-0.1, -0.05) is 42.5 Å². The highest BCUT2D eigenvalue weighted by Gasteiger charge is 2.23. The van der Waals surface area contributed by atoms with Crippen LogP contribution in [-0.4, -0.2) is 38.7 Å². The lowest BCUT2D eigenvalue weighted by molar-refractivity contribution is -0.134. The van der Waals surface area contributed by atoms with Crippen molar-refractivity contribution in [3.8, 4) is 16.9 Å². The zero-order valence-corrected chi connectivity index (χ0v) is 14.6. The first-order valence-electron chi connectivity index (χ1n) is 8.65. The fourth-order valence-electron chi connectivity index (χ4n) is 3.13. The number of rotatable bonds is 4. The molecule has 0 bridgehead atoms. The third kappa shape index (κ3) is 3.31. The second-order valence-electron chi connectivity index (χ2n) is 6.31. The highest BCUT2D eigenvalue weighted by Crippen LogP contribution is 2.22. The number of hydrogen-bond donors (Lipinski definition) is 0. The molecule has 4 rings (SSSR count). The molecule has 1 aliphatic rings. The third-order valence-corrected chi connectivity index (χ3v) is 4.61. The predicted molar refractivity (Wildman–Crippen MR) is 97.5 cm³/mol. The Kier molecular flexibility index (Phi) is 4.39. The molecule has 2 heterocycles. The Hall–Kier alpha value is -3.15. The van der Waals surface area contributed by atoms with E-state index >= 15 is 0 Å². The Morgan fingerprint density at radius 2 is 1.73 bits per heavy atom. The highest BCUT2D eigenvalue weighted by molar-refractivity contribution is 5.77. The molecule has 1 aromatic heterocycles. The van der Waals surface area contributed by atoms with Crippen LogP contribution in [0.2, 0.25) is 0 Å². The van der Waals surface area contributed by atoms with E-state index in [0.29, 0.717) is 18.8 Å². The number of nitrogens with zero attached hydrogens (tertiary/aromatic N) is 4. The Balaban J connectivity index is 1.35. The number of hydrogen-bond acceptors (Lipinski definition) is 4. The molecule has 26 heavy (non-hydrogen) atoms. The van der Waals surface area contributed by atoms with Gasteiger partial charge in [-0.15, -0.1) is 10.2 Å². The molecular formula is C20H20N4O2. The van der Waals surface area contributed by atoms with Crippen LogP contribution in [0.3, 0.4) is 0 Å². The number of aromatic nitrogens is 3. The van der Waals surface area contributed by atoms with Crippen molar-refractivity contribution in [1.82, 2.24) is 19.7 Å². The fourth-order valence-corrected chi connectivity index (χ4v) is 3.13. The van der Waals surface area contributed by atoms with Gasteiger partial charge in [0.1, 0.15) is 11.6 Å². The summed E-state index contributed by atoms with van der Waals surface area (Å²) in [6, 6.07) is 17.9. The minimum Gasteiger partial charge on any atom is -0.484 e. The summed E-state index contributed by atoms with van der Waals surface area (Å²) in [5.41, 5.74) is 2.28. The maximum absolute atomic E-state index is 12.4. The molecule has 0 aliphatic carbocycles. The molecule has 0 saturated carbocycles. The van der Waals surface area contributed by atoms with Gasteiger partial charge in [0.15, 0.2) is 12.4 Å². The van der Waals surface area contributed by atoms with Gasteiger partial charge in [0.05, 0.1) is 6.54 Å². The standard InChI is InChI=1S/C20H20N4O2/c1-15-21-22-19-13-23(11-12-24(15)19)20(25)14-26-18-9-7-17(8-10-18)16-5-3-2-4-6-16/h2-10H,11-14H2,1H3. The minimum absolute atomic E-state index is 0.0256. The van der Waals surface area contributed by atoms with Crippen LogP contribution in [0, 0.1) is 6.92 Å². The molecule has 2 aromatic carbocycles. The molecule has 0 N–H and O–H groups in total. The van der Waals surface area contributed by atoms with E-state index < -0.39 is 0 Å². The second kappa shape index (κ2) is 7.00. The van der Waals surface area contributed by atoms with E-state index in [0.717, 1.165) is 29.3 Å². The molecule has 0 saturated heterocycles. The Bertz CT molecular complexity index is 903. The quantitative estimate of drug-likeness (QED) is 0.727. The lowest BCUT2D eigenvalue weighted by Crippen LogP contribution is -2.41. The lowest BCUT2D eigenvalue weighted by Gasteiger charge is -2.27. The van der Waals surface area contributed by atoms with Crippen molar-refractivity contribution in [2.75, 3.05) is 13.2 Å². The van der Waals surface area contributed by atoms with Crippen LogP contribution in [-0.2, 0) is 17.9 Å². The molecule has 132 valence electrons. The number of aryl methyl sites for hydroxylation is 1. The van der Waals surface area contributed by atoms with Crippen molar-refractivity contribution in [3.63, 3.8) is 0 Å². The summed E-state index contributed by atoms with van der Waals surface area (Å²) in [7, 11) is 0. The van der Waals surface area contributed by atoms with Gasteiger partial charge in [-0.05, 0) is 30.2 Å².